The smallest absolute Gasteiger partial charge is 0.322 e. The number of amides is 3. The molecule has 1 fully saturated rings. The molecule has 1 saturated heterocycles. The van der Waals surface area contributed by atoms with Crippen LogP contribution in [0.25, 0.3) is 0 Å². The van der Waals surface area contributed by atoms with Crippen molar-refractivity contribution in [1.29, 1.82) is 0 Å². The quantitative estimate of drug-likeness (QED) is 0.839. The molecule has 0 atom stereocenters. The minimum absolute atomic E-state index is 0.0257. The van der Waals surface area contributed by atoms with Gasteiger partial charge in [0.05, 0.1) is 6.54 Å². The maximum Gasteiger partial charge on any atom is 0.322 e. The lowest BCUT2D eigenvalue weighted by atomic mass is 10.0. The second kappa shape index (κ2) is 7.47. The SMILES string of the molecule is Cc1ccc(Cl)cc1NC(=O)N1CCc2c(c(C(=O)N3CCCC3)nn2C)C1. The Labute approximate surface area is 169 Å². The number of nitrogens with one attached hydrogen (secondary N) is 1. The third kappa shape index (κ3) is 3.46. The molecule has 3 heterocycles. The van der Waals surface area contributed by atoms with Crippen molar-refractivity contribution in [2.24, 2.45) is 7.05 Å². The van der Waals surface area contributed by atoms with Crippen LogP contribution in [0.3, 0.4) is 0 Å². The first-order valence-corrected chi connectivity index (χ1v) is 9.98. The number of benzene rings is 1. The van der Waals surface area contributed by atoms with E-state index in [1.54, 1.807) is 21.7 Å². The Morgan fingerprint density at radius 3 is 2.64 bits per heavy atom. The number of urea groups is 1. The third-order valence-corrected chi connectivity index (χ3v) is 5.80. The van der Waals surface area contributed by atoms with E-state index in [9.17, 15) is 9.59 Å². The topological polar surface area (TPSA) is 70.5 Å². The fourth-order valence-corrected chi connectivity index (χ4v) is 4.10. The maximum absolute atomic E-state index is 12.9. The number of aryl methyl sites for hydroxylation is 2. The van der Waals surface area contributed by atoms with Crippen molar-refractivity contribution in [3.05, 3.63) is 45.7 Å². The number of nitrogens with zero attached hydrogens (tertiary/aromatic N) is 4. The van der Waals surface area contributed by atoms with Crippen LogP contribution in [-0.2, 0) is 20.0 Å². The van der Waals surface area contributed by atoms with Crippen molar-refractivity contribution < 1.29 is 9.59 Å². The highest BCUT2D eigenvalue weighted by Crippen LogP contribution is 2.26. The van der Waals surface area contributed by atoms with E-state index in [0.29, 0.717) is 35.9 Å². The van der Waals surface area contributed by atoms with E-state index in [4.69, 9.17) is 11.6 Å². The van der Waals surface area contributed by atoms with Gasteiger partial charge in [-0.2, -0.15) is 5.10 Å². The van der Waals surface area contributed by atoms with Crippen molar-refractivity contribution in [2.45, 2.75) is 32.7 Å². The molecule has 0 spiro atoms. The molecule has 7 nitrogen and oxygen atoms in total. The monoisotopic (exact) mass is 401 g/mol. The first-order chi connectivity index (χ1) is 13.4. The van der Waals surface area contributed by atoms with Gasteiger partial charge in [-0.05, 0) is 37.5 Å². The standard InChI is InChI=1S/C20H24ClN5O2/c1-13-5-6-14(21)11-16(13)22-20(28)26-10-7-17-15(12-26)18(23-24(17)2)19(27)25-8-3-4-9-25/h5-6,11H,3-4,7-10,12H2,1-2H3,(H,22,28). The predicted molar refractivity (Wildman–Crippen MR) is 108 cm³/mol. The summed E-state index contributed by atoms with van der Waals surface area (Å²) in [6.45, 7) is 4.44. The van der Waals surface area contributed by atoms with Crippen LogP contribution in [0.5, 0.6) is 0 Å². The van der Waals surface area contributed by atoms with Crippen molar-refractivity contribution in [3.63, 3.8) is 0 Å². The van der Waals surface area contributed by atoms with E-state index in [2.05, 4.69) is 10.4 Å². The number of fused-ring (bicyclic) bond motifs is 1. The number of halogens is 1. The highest BCUT2D eigenvalue weighted by atomic mass is 35.5. The molecule has 0 aliphatic carbocycles. The van der Waals surface area contributed by atoms with Crippen LogP contribution >= 0.6 is 11.6 Å². The number of rotatable bonds is 2. The summed E-state index contributed by atoms with van der Waals surface area (Å²) in [6, 6.07) is 5.22. The van der Waals surface area contributed by atoms with Gasteiger partial charge < -0.3 is 15.1 Å². The molecule has 8 heteroatoms. The number of carbonyl (C=O) groups excluding carboxylic acids is 2. The summed E-state index contributed by atoms with van der Waals surface area (Å²) in [4.78, 5) is 29.3. The summed E-state index contributed by atoms with van der Waals surface area (Å²) in [6.07, 6.45) is 2.75. The summed E-state index contributed by atoms with van der Waals surface area (Å²) < 4.78 is 1.79. The van der Waals surface area contributed by atoms with Crippen molar-refractivity contribution in [2.75, 3.05) is 25.0 Å². The molecule has 4 rings (SSSR count). The average molecular weight is 402 g/mol. The third-order valence-electron chi connectivity index (χ3n) is 5.57. The molecule has 2 aliphatic heterocycles. The fourth-order valence-electron chi connectivity index (χ4n) is 3.93. The molecule has 0 saturated carbocycles. The predicted octanol–water partition coefficient (Wildman–Crippen LogP) is 3.21. The maximum atomic E-state index is 12.9. The Morgan fingerprint density at radius 2 is 1.89 bits per heavy atom. The average Bonchev–Trinajstić information content (AvgIpc) is 3.32. The van der Waals surface area contributed by atoms with Gasteiger partial charge >= 0.3 is 6.03 Å². The van der Waals surface area contributed by atoms with E-state index in [1.807, 2.05) is 24.9 Å². The fraction of sp³-hybridized carbons (Fsp3) is 0.450. The molecule has 28 heavy (non-hydrogen) atoms. The van der Waals surface area contributed by atoms with Gasteiger partial charge in [0.15, 0.2) is 5.69 Å². The summed E-state index contributed by atoms with van der Waals surface area (Å²) >= 11 is 6.06. The van der Waals surface area contributed by atoms with E-state index >= 15 is 0 Å². The van der Waals surface area contributed by atoms with Crippen LogP contribution in [0.15, 0.2) is 18.2 Å². The zero-order valence-electron chi connectivity index (χ0n) is 16.2. The number of carbonyl (C=O) groups is 2. The highest BCUT2D eigenvalue weighted by molar-refractivity contribution is 6.31. The van der Waals surface area contributed by atoms with Gasteiger partial charge in [-0.1, -0.05) is 17.7 Å². The highest BCUT2D eigenvalue weighted by Gasteiger charge is 2.32. The molecule has 1 N–H and O–H groups in total. The molecule has 0 unspecified atom stereocenters. The zero-order chi connectivity index (χ0) is 19.8. The Hall–Kier alpha value is -2.54. The largest absolute Gasteiger partial charge is 0.337 e. The van der Waals surface area contributed by atoms with Crippen LogP contribution in [-0.4, -0.2) is 51.2 Å². The van der Waals surface area contributed by atoms with E-state index in [-0.39, 0.29) is 11.9 Å². The van der Waals surface area contributed by atoms with E-state index < -0.39 is 0 Å². The van der Waals surface area contributed by atoms with Crippen molar-refractivity contribution in [1.82, 2.24) is 19.6 Å². The van der Waals surface area contributed by atoms with E-state index in [0.717, 1.165) is 42.8 Å². The van der Waals surface area contributed by atoms with Crippen molar-refractivity contribution >= 4 is 29.2 Å². The van der Waals surface area contributed by atoms with Gasteiger partial charge in [-0.3, -0.25) is 9.48 Å². The number of hydrogen-bond donors (Lipinski definition) is 1. The Bertz CT molecular complexity index is 933. The van der Waals surface area contributed by atoms with Crippen LogP contribution in [0, 0.1) is 6.92 Å². The first kappa shape index (κ1) is 18.8. The summed E-state index contributed by atoms with van der Waals surface area (Å²) in [7, 11) is 1.87. The first-order valence-electron chi connectivity index (χ1n) is 9.60. The van der Waals surface area contributed by atoms with E-state index in [1.165, 1.54) is 0 Å². The van der Waals surface area contributed by atoms with Gasteiger partial charge in [-0.15, -0.1) is 0 Å². The second-order valence-electron chi connectivity index (χ2n) is 7.46. The molecular weight excluding hydrogens is 378 g/mol. The molecule has 148 valence electrons. The van der Waals surface area contributed by atoms with Gasteiger partial charge in [0.25, 0.3) is 5.91 Å². The molecule has 1 aromatic carbocycles. The summed E-state index contributed by atoms with van der Waals surface area (Å²) in [5.41, 5.74) is 4.02. The van der Waals surface area contributed by atoms with Gasteiger partial charge in [0.1, 0.15) is 0 Å². The molecule has 0 bridgehead atoms. The lowest BCUT2D eigenvalue weighted by Crippen LogP contribution is -2.40. The number of anilines is 1. The lowest BCUT2D eigenvalue weighted by molar-refractivity contribution is 0.0784. The van der Waals surface area contributed by atoms with Gasteiger partial charge in [-0.25, -0.2) is 4.79 Å². The van der Waals surface area contributed by atoms with Crippen LogP contribution < -0.4 is 5.32 Å². The normalized spacial score (nSPS) is 16.2. The molecule has 0 radical (unpaired) electrons. The van der Waals surface area contributed by atoms with Crippen LogP contribution in [0.1, 0.15) is 40.2 Å². The summed E-state index contributed by atoms with van der Waals surface area (Å²) in [5.74, 6) is -0.0257. The van der Waals surface area contributed by atoms with Crippen LogP contribution in [0.4, 0.5) is 10.5 Å². The molecular formula is C20H24ClN5O2. The Morgan fingerprint density at radius 1 is 1.14 bits per heavy atom. The molecule has 1 aromatic heterocycles. The number of hydrogen-bond acceptors (Lipinski definition) is 3. The summed E-state index contributed by atoms with van der Waals surface area (Å²) in [5, 5.41) is 8.01. The van der Waals surface area contributed by atoms with Crippen LogP contribution in [0.2, 0.25) is 5.02 Å². The number of likely N-dealkylation sites (tertiary alicyclic amines) is 1. The Balaban J connectivity index is 1.54. The molecule has 2 aliphatic rings. The minimum atomic E-state index is -0.195. The minimum Gasteiger partial charge on any atom is -0.337 e. The Kier molecular flexibility index (Phi) is 5.02. The lowest BCUT2D eigenvalue weighted by Gasteiger charge is -2.28. The number of aromatic nitrogens is 2. The van der Waals surface area contributed by atoms with Gasteiger partial charge in [0.2, 0.25) is 0 Å². The second-order valence-corrected chi connectivity index (χ2v) is 7.89. The molecule has 2 aromatic rings. The van der Waals surface area contributed by atoms with Crippen molar-refractivity contribution in [3.8, 4) is 0 Å². The van der Waals surface area contributed by atoms with Gasteiger partial charge in [0, 0.05) is 55.1 Å². The molecule has 3 amide bonds. The zero-order valence-corrected chi connectivity index (χ0v) is 16.9.